The molecule has 2 aromatic carbocycles. The quantitative estimate of drug-likeness (QED) is 0.405. The summed E-state index contributed by atoms with van der Waals surface area (Å²) in [6.45, 7) is 4.09. The van der Waals surface area contributed by atoms with Gasteiger partial charge in [-0.3, -0.25) is 4.40 Å². The molecule has 0 amide bonds. The second-order valence-corrected chi connectivity index (χ2v) is 7.86. The first-order chi connectivity index (χ1) is 14.1. The molecule has 0 fully saturated rings. The first kappa shape index (κ1) is 17.9. The van der Waals surface area contributed by atoms with Crippen molar-refractivity contribution in [3.8, 4) is 5.75 Å². The molecule has 29 heavy (non-hydrogen) atoms. The third-order valence-corrected chi connectivity index (χ3v) is 6.00. The lowest BCUT2D eigenvalue weighted by atomic mass is 10.1. The highest BCUT2D eigenvalue weighted by Gasteiger charge is 2.14. The number of benzene rings is 2. The number of para-hydroxylation sites is 2. The van der Waals surface area contributed by atoms with E-state index in [-0.39, 0.29) is 0 Å². The molecule has 5 aromatic rings. The zero-order valence-corrected chi connectivity index (χ0v) is 17.2. The monoisotopic (exact) mass is 401 g/mol. The smallest absolute Gasteiger partial charge is 0.196 e. The summed E-state index contributed by atoms with van der Waals surface area (Å²) >= 11 is 1.61. The summed E-state index contributed by atoms with van der Waals surface area (Å²) in [5.74, 6) is 1.48. The van der Waals surface area contributed by atoms with E-state index >= 15 is 0 Å². The van der Waals surface area contributed by atoms with Gasteiger partial charge in [0.15, 0.2) is 10.8 Å². The van der Waals surface area contributed by atoms with Crippen molar-refractivity contribution in [2.24, 2.45) is 0 Å². The van der Waals surface area contributed by atoms with Gasteiger partial charge < -0.3 is 4.74 Å². The van der Waals surface area contributed by atoms with Gasteiger partial charge in [0.25, 0.3) is 0 Å². The van der Waals surface area contributed by atoms with Crippen LogP contribution < -0.4 is 4.74 Å². The molecule has 144 valence electrons. The van der Waals surface area contributed by atoms with Crippen LogP contribution in [0, 0.1) is 13.8 Å². The highest BCUT2D eigenvalue weighted by molar-refractivity contribution is 7.98. The van der Waals surface area contributed by atoms with Crippen LogP contribution in [0.4, 0.5) is 0 Å². The zero-order chi connectivity index (χ0) is 20.0. The maximum absolute atomic E-state index is 5.43. The van der Waals surface area contributed by atoms with Crippen LogP contribution in [-0.2, 0) is 5.75 Å². The van der Waals surface area contributed by atoms with E-state index in [4.69, 9.17) is 9.72 Å². The number of ether oxygens (including phenoxy) is 1. The maximum Gasteiger partial charge on any atom is 0.196 e. The van der Waals surface area contributed by atoms with Crippen LogP contribution in [0.2, 0.25) is 0 Å². The lowest BCUT2D eigenvalue weighted by Gasteiger charge is -2.10. The summed E-state index contributed by atoms with van der Waals surface area (Å²) in [4.78, 5) is 9.48. The molecule has 0 aliphatic carbocycles. The van der Waals surface area contributed by atoms with Gasteiger partial charge in [-0.25, -0.2) is 9.97 Å². The van der Waals surface area contributed by atoms with Crippen molar-refractivity contribution in [1.29, 1.82) is 0 Å². The minimum Gasteiger partial charge on any atom is -0.497 e. The molecular weight excluding hydrogens is 382 g/mol. The molecule has 7 heteroatoms. The van der Waals surface area contributed by atoms with Crippen molar-refractivity contribution in [3.05, 3.63) is 65.5 Å². The number of thioether (sulfide) groups is 1. The first-order valence-corrected chi connectivity index (χ1v) is 10.3. The van der Waals surface area contributed by atoms with Crippen LogP contribution in [0.1, 0.15) is 17.0 Å². The van der Waals surface area contributed by atoms with Gasteiger partial charge in [0.05, 0.1) is 35.0 Å². The molecule has 0 N–H and O–H groups in total. The SMILES string of the molecule is COc1ccc2c(C)cc3nnc(SCc4nc5ccccc5nc4C)n3c2c1. The molecule has 0 aliphatic heterocycles. The summed E-state index contributed by atoms with van der Waals surface area (Å²) in [5.41, 5.74) is 6.74. The number of nitrogens with zero attached hydrogens (tertiary/aromatic N) is 5. The number of hydrogen-bond acceptors (Lipinski definition) is 6. The Hall–Kier alpha value is -3.19. The largest absolute Gasteiger partial charge is 0.497 e. The van der Waals surface area contributed by atoms with Crippen LogP contribution in [0.15, 0.2) is 53.7 Å². The third-order valence-electron chi connectivity index (χ3n) is 5.06. The zero-order valence-electron chi connectivity index (χ0n) is 16.4. The van der Waals surface area contributed by atoms with Crippen LogP contribution in [0.3, 0.4) is 0 Å². The van der Waals surface area contributed by atoms with Crippen molar-refractivity contribution in [2.75, 3.05) is 7.11 Å². The molecule has 5 rings (SSSR count). The predicted molar refractivity (Wildman–Crippen MR) is 116 cm³/mol. The van der Waals surface area contributed by atoms with Crippen LogP contribution in [-0.4, -0.2) is 31.7 Å². The number of rotatable bonds is 4. The van der Waals surface area contributed by atoms with Crippen molar-refractivity contribution < 1.29 is 4.74 Å². The van der Waals surface area contributed by atoms with Gasteiger partial charge in [0.1, 0.15) is 5.75 Å². The fraction of sp³-hybridized carbons (Fsp3) is 0.182. The van der Waals surface area contributed by atoms with E-state index in [0.717, 1.165) is 55.4 Å². The van der Waals surface area contributed by atoms with Crippen LogP contribution >= 0.6 is 11.8 Å². The minimum absolute atomic E-state index is 0.670. The summed E-state index contributed by atoms with van der Waals surface area (Å²) < 4.78 is 7.52. The van der Waals surface area contributed by atoms with Gasteiger partial charge in [-0.05, 0) is 49.7 Å². The number of pyridine rings is 1. The lowest BCUT2D eigenvalue weighted by Crippen LogP contribution is -1.98. The Balaban J connectivity index is 1.57. The number of aryl methyl sites for hydroxylation is 2. The molecule has 6 nitrogen and oxygen atoms in total. The van der Waals surface area contributed by atoms with Crippen molar-refractivity contribution in [2.45, 2.75) is 24.8 Å². The highest BCUT2D eigenvalue weighted by atomic mass is 32.2. The molecule has 0 aliphatic rings. The predicted octanol–water partition coefficient (Wildman–Crippen LogP) is 4.74. The first-order valence-electron chi connectivity index (χ1n) is 9.31. The van der Waals surface area contributed by atoms with Crippen LogP contribution in [0.5, 0.6) is 5.75 Å². The molecule has 0 spiro atoms. The Bertz CT molecular complexity index is 1380. The Labute approximate surface area is 172 Å². The van der Waals surface area contributed by atoms with Gasteiger partial charge in [0, 0.05) is 17.2 Å². The van der Waals surface area contributed by atoms with Gasteiger partial charge in [0.2, 0.25) is 0 Å². The molecule has 0 radical (unpaired) electrons. The van der Waals surface area contributed by atoms with Crippen molar-refractivity contribution in [3.63, 3.8) is 0 Å². The van der Waals surface area contributed by atoms with Crippen LogP contribution in [0.25, 0.3) is 27.6 Å². The molecule has 3 heterocycles. The molecule has 3 aromatic heterocycles. The minimum atomic E-state index is 0.670. The number of fused-ring (bicyclic) bond motifs is 4. The number of aromatic nitrogens is 5. The summed E-state index contributed by atoms with van der Waals surface area (Å²) in [7, 11) is 1.68. The van der Waals surface area contributed by atoms with E-state index in [0.29, 0.717) is 5.75 Å². The van der Waals surface area contributed by atoms with Gasteiger partial charge in [-0.15, -0.1) is 10.2 Å². The fourth-order valence-electron chi connectivity index (χ4n) is 3.52. The summed E-state index contributed by atoms with van der Waals surface area (Å²) in [6.07, 6.45) is 0. The molecule has 0 saturated heterocycles. The van der Waals surface area contributed by atoms with E-state index in [1.54, 1.807) is 18.9 Å². The summed E-state index contributed by atoms with van der Waals surface area (Å²) in [6, 6.07) is 16.1. The Morgan fingerprint density at radius 2 is 1.76 bits per heavy atom. The average Bonchev–Trinajstić information content (AvgIpc) is 3.14. The van der Waals surface area contributed by atoms with E-state index in [2.05, 4.69) is 38.6 Å². The Morgan fingerprint density at radius 1 is 0.966 bits per heavy atom. The standard InChI is InChI=1S/C22H19N5OS/c1-13-10-21-25-26-22(27(21)20-11-15(28-3)8-9-16(13)20)29-12-19-14(2)23-17-6-4-5-7-18(17)24-19/h4-11H,12H2,1-3H3. The second kappa shape index (κ2) is 7.00. The molecule has 0 unspecified atom stereocenters. The topological polar surface area (TPSA) is 65.2 Å². The maximum atomic E-state index is 5.43. The molecular formula is C22H19N5OS. The third kappa shape index (κ3) is 3.07. The Kier molecular flexibility index (Phi) is 4.32. The highest BCUT2D eigenvalue weighted by Crippen LogP contribution is 2.30. The lowest BCUT2D eigenvalue weighted by molar-refractivity contribution is 0.415. The average molecular weight is 401 g/mol. The van der Waals surface area contributed by atoms with E-state index in [1.165, 1.54) is 0 Å². The number of hydrogen-bond donors (Lipinski definition) is 0. The van der Waals surface area contributed by atoms with E-state index < -0.39 is 0 Å². The van der Waals surface area contributed by atoms with Gasteiger partial charge in [-0.2, -0.15) is 0 Å². The molecule has 0 saturated carbocycles. The number of methoxy groups -OCH3 is 1. The normalized spacial score (nSPS) is 11.6. The van der Waals surface area contributed by atoms with Crippen molar-refractivity contribution >= 4 is 39.3 Å². The molecule has 0 bridgehead atoms. The fourth-order valence-corrected chi connectivity index (χ4v) is 4.48. The van der Waals surface area contributed by atoms with Gasteiger partial charge >= 0.3 is 0 Å². The summed E-state index contributed by atoms with van der Waals surface area (Å²) in [5, 5.41) is 10.8. The Morgan fingerprint density at radius 3 is 2.55 bits per heavy atom. The van der Waals surface area contributed by atoms with E-state index in [9.17, 15) is 0 Å². The van der Waals surface area contributed by atoms with E-state index in [1.807, 2.05) is 43.3 Å². The van der Waals surface area contributed by atoms with Crippen molar-refractivity contribution in [1.82, 2.24) is 24.6 Å². The van der Waals surface area contributed by atoms with Gasteiger partial charge in [-0.1, -0.05) is 23.9 Å². The molecule has 0 atom stereocenters. The second-order valence-electron chi connectivity index (χ2n) is 6.92.